The maximum Gasteiger partial charge on any atom is 0.187 e. The summed E-state index contributed by atoms with van der Waals surface area (Å²) in [4.78, 5) is 0. The Kier molecular flexibility index (Phi) is 20.4. The van der Waals surface area contributed by atoms with Crippen molar-refractivity contribution in [2.45, 2.75) is 191 Å². The number of hydrogen-bond acceptors (Lipinski definition) is 30. The fourth-order valence-corrected chi connectivity index (χ4v) is 8.77. The SMILES string of the molecule is C=CCO[C@@H]1OC(CO)[C@@H](O[C@@H]2OC(CO)[C@H](O[C@H]3OC(CO)[C@H](O)[C@H](O[C@@H]4OC(CO)[C@H](O)[C@H](O[C@@H]5OC(CO)[C@H](O)[C@H](O)C5O[C@@H]5OC(C)[C@H](O)[C@H](O)C5O)C4N)C3O)[C@H](O)C2O)[C@H](O)C1O. The topological polar surface area (TPSA) is 481 Å². The zero-order chi connectivity index (χ0) is 50.8. The molecule has 0 saturated carbocycles. The van der Waals surface area contributed by atoms with Gasteiger partial charge in [0.05, 0.1) is 51.8 Å². The lowest BCUT2D eigenvalue weighted by Crippen LogP contribution is -2.69. The van der Waals surface area contributed by atoms with Gasteiger partial charge in [0.15, 0.2) is 37.7 Å². The van der Waals surface area contributed by atoms with Crippen LogP contribution in [0, 0.1) is 0 Å². The number of aliphatic hydroxyl groups is 17. The summed E-state index contributed by atoms with van der Waals surface area (Å²) in [6.07, 6.45) is -50.5. The average molecular weight is 1010 g/mol. The van der Waals surface area contributed by atoms with Crippen molar-refractivity contribution >= 4 is 0 Å². The Bertz CT molecular complexity index is 1580. The third kappa shape index (κ3) is 11.9. The van der Waals surface area contributed by atoms with E-state index in [2.05, 4.69) is 6.58 Å². The fourth-order valence-electron chi connectivity index (χ4n) is 8.77. The van der Waals surface area contributed by atoms with Crippen LogP contribution in [0.5, 0.6) is 0 Å². The number of hydrogen-bond donors (Lipinski definition) is 18. The van der Waals surface area contributed by atoms with Crippen LogP contribution in [-0.2, 0) is 56.8 Å². The molecule has 69 heavy (non-hydrogen) atoms. The molecule has 6 rings (SSSR count). The van der Waals surface area contributed by atoms with Gasteiger partial charge in [0, 0.05) is 0 Å². The molecule has 30 heteroatoms. The molecule has 6 aliphatic heterocycles. The molecule has 0 aromatic heterocycles. The Morgan fingerprint density at radius 2 is 0.754 bits per heavy atom. The Morgan fingerprint density at radius 1 is 0.377 bits per heavy atom. The second-order valence-corrected chi connectivity index (χ2v) is 17.4. The van der Waals surface area contributed by atoms with Crippen molar-refractivity contribution in [3.63, 3.8) is 0 Å². The van der Waals surface area contributed by atoms with Gasteiger partial charge in [0.2, 0.25) is 0 Å². The van der Waals surface area contributed by atoms with E-state index < -0.39 is 217 Å². The minimum absolute atomic E-state index is 0.101. The van der Waals surface area contributed by atoms with E-state index in [1.165, 1.54) is 13.0 Å². The highest BCUT2D eigenvalue weighted by atomic mass is 16.8. The fraction of sp³-hybridized carbons (Fsp3) is 0.949. The Hall–Kier alpha value is -1.46. The molecule has 0 spiro atoms. The molecular weight excluding hydrogens is 946 g/mol. The third-order valence-corrected chi connectivity index (χ3v) is 12.8. The number of aliphatic hydroxyl groups excluding tert-OH is 17. The van der Waals surface area contributed by atoms with E-state index in [-0.39, 0.29) is 6.61 Å². The predicted molar refractivity (Wildman–Crippen MR) is 214 cm³/mol. The van der Waals surface area contributed by atoms with Crippen LogP contribution in [0.4, 0.5) is 0 Å². The standard InChI is InChI=1S/C39H67NO29/c1-3-4-58-35-26(55)23(52)29(14(8-44)63-35)65-37-27(56)24(53)30(15(9-45)64-37)66-38-28(57)32(20(49)13(7-43)61-38)68-34-16(40)31(19(48)12(6-42)60-34)67-39-33(22(51)18(47)11(5-41)62-39)69-36-25(54)21(50)17(46)10(2)59-36/h3,10-39,41-57H,1,4-9,40H2,2H3/t10?,11?,12?,13?,14?,15?,16?,17-,18-,19-,20-,21-,22-,23+,24+,25?,26?,27?,28?,29+,30-,31+,32-,33?,34-,35+,36-,37-,38+,39-/m0/s1. The van der Waals surface area contributed by atoms with E-state index in [1.54, 1.807) is 0 Å². The second-order valence-electron chi connectivity index (χ2n) is 17.4. The summed E-state index contributed by atoms with van der Waals surface area (Å²) < 4.78 is 68.0. The van der Waals surface area contributed by atoms with Crippen molar-refractivity contribution in [2.24, 2.45) is 5.73 Å². The van der Waals surface area contributed by atoms with Gasteiger partial charge in [0.25, 0.3) is 0 Å². The lowest BCUT2D eigenvalue weighted by Gasteiger charge is -2.50. The first-order chi connectivity index (χ1) is 32.8. The lowest BCUT2D eigenvalue weighted by atomic mass is 9.94. The highest BCUT2D eigenvalue weighted by molar-refractivity contribution is 5.00. The van der Waals surface area contributed by atoms with Gasteiger partial charge in [-0.1, -0.05) is 6.08 Å². The molecule has 0 bridgehead atoms. The summed E-state index contributed by atoms with van der Waals surface area (Å²) in [5.74, 6) is 0. The Labute approximate surface area is 392 Å². The molecule has 6 saturated heterocycles. The van der Waals surface area contributed by atoms with Gasteiger partial charge in [-0.25, -0.2) is 0 Å². The smallest absolute Gasteiger partial charge is 0.187 e. The summed E-state index contributed by atoms with van der Waals surface area (Å²) in [6.45, 7) is 0.102. The van der Waals surface area contributed by atoms with Crippen LogP contribution < -0.4 is 5.73 Å². The number of nitrogens with two attached hydrogens (primary N) is 1. The van der Waals surface area contributed by atoms with Crippen LogP contribution in [0.25, 0.3) is 0 Å². The Morgan fingerprint density at radius 3 is 1.30 bits per heavy atom. The zero-order valence-electron chi connectivity index (χ0n) is 36.9. The first kappa shape index (κ1) is 56.8. The largest absolute Gasteiger partial charge is 0.394 e. The number of rotatable bonds is 18. The first-order valence-corrected chi connectivity index (χ1v) is 22.2. The summed E-state index contributed by atoms with van der Waals surface area (Å²) in [7, 11) is 0. The van der Waals surface area contributed by atoms with Crippen LogP contribution in [0.1, 0.15) is 6.92 Å². The maximum atomic E-state index is 11.6. The summed E-state index contributed by atoms with van der Waals surface area (Å²) in [5, 5.41) is 182. The van der Waals surface area contributed by atoms with E-state index in [0.29, 0.717) is 0 Å². The van der Waals surface area contributed by atoms with Crippen LogP contribution in [0.3, 0.4) is 0 Å². The Balaban J connectivity index is 1.17. The molecule has 30 nitrogen and oxygen atoms in total. The minimum Gasteiger partial charge on any atom is -0.394 e. The normalized spacial score (nSPS) is 52.1. The van der Waals surface area contributed by atoms with E-state index >= 15 is 0 Å². The van der Waals surface area contributed by atoms with Crippen LogP contribution in [0.15, 0.2) is 12.7 Å². The van der Waals surface area contributed by atoms with Gasteiger partial charge in [-0.05, 0) is 6.92 Å². The average Bonchev–Trinajstić information content (AvgIpc) is 3.34. The lowest BCUT2D eigenvalue weighted by molar-refractivity contribution is -0.392. The first-order valence-electron chi connectivity index (χ1n) is 22.2. The van der Waals surface area contributed by atoms with Gasteiger partial charge in [-0.2, -0.15) is 0 Å². The van der Waals surface area contributed by atoms with Crippen molar-refractivity contribution in [1.29, 1.82) is 0 Å². The van der Waals surface area contributed by atoms with Gasteiger partial charge in [0.1, 0.15) is 134 Å². The molecule has 19 N–H and O–H groups in total. The predicted octanol–water partition coefficient (Wildman–Crippen LogP) is -11.9. The van der Waals surface area contributed by atoms with Gasteiger partial charge >= 0.3 is 0 Å². The quantitative estimate of drug-likeness (QED) is 0.0567. The molecule has 402 valence electrons. The van der Waals surface area contributed by atoms with E-state index in [9.17, 15) is 86.8 Å². The van der Waals surface area contributed by atoms with Crippen molar-refractivity contribution in [2.75, 3.05) is 39.6 Å². The van der Waals surface area contributed by atoms with Crippen LogP contribution in [-0.4, -0.2) is 311 Å². The van der Waals surface area contributed by atoms with Crippen molar-refractivity contribution in [3.8, 4) is 0 Å². The molecule has 30 atom stereocenters. The maximum absolute atomic E-state index is 11.6. The van der Waals surface area contributed by atoms with Gasteiger partial charge in [-0.3, -0.25) is 0 Å². The molecule has 12 unspecified atom stereocenters. The van der Waals surface area contributed by atoms with Crippen molar-refractivity contribution < 1.29 is 144 Å². The molecule has 0 radical (unpaired) electrons. The second kappa shape index (κ2) is 24.7. The van der Waals surface area contributed by atoms with Crippen molar-refractivity contribution in [3.05, 3.63) is 12.7 Å². The van der Waals surface area contributed by atoms with E-state index in [1.807, 2.05) is 0 Å². The highest BCUT2D eigenvalue weighted by Gasteiger charge is 2.57. The third-order valence-electron chi connectivity index (χ3n) is 12.8. The molecule has 0 aliphatic carbocycles. The molecule has 0 amide bonds. The molecule has 0 aromatic carbocycles. The molecular formula is C39H67NO29. The van der Waals surface area contributed by atoms with E-state index in [4.69, 9.17) is 62.6 Å². The summed E-state index contributed by atoms with van der Waals surface area (Å²) >= 11 is 0. The van der Waals surface area contributed by atoms with Crippen LogP contribution >= 0.6 is 0 Å². The molecule has 6 heterocycles. The zero-order valence-corrected chi connectivity index (χ0v) is 36.9. The van der Waals surface area contributed by atoms with Crippen LogP contribution in [0.2, 0.25) is 0 Å². The minimum atomic E-state index is -2.15. The number of ether oxygens (including phenoxy) is 12. The molecule has 6 fully saturated rings. The van der Waals surface area contributed by atoms with E-state index in [0.717, 1.165) is 0 Å². The molecule has 6 aliphatic rings. The van der Waals surface area contributed by atoms with Crippen molar-refractivity contribution in [1.82, 2.24) is 0 Å². The molecule has 0 aromatic rings. The monoisotopic (exact) mass is 1010 g/mol. The van der Waals surface area contributed by atoms with Gasteiger partial charge < -0.3 is 149 Å². The highest BCUT2D eigenvalue weighted by Crippen LogP contribution is 2.37. The van der Waals surface area contributed by atoms with Gasteiger partial charge in [-0.15, -0.1) is 6.58 Å². The summed E-state index contributed by atoms with van der Waals surface area (Å²) in [6, 6.07) is -1.73. The summed E-state index contributed by atoms with van der Waals surface area (Å²) in [5.41, 5.74) is 6.50.